The predicted octanol–water partition coefficient (Wildman–Crippen LogP) is 2.83. The van der Waals surface area contributed by atoms with E-state index in [1.54, 1.807) is 18.2 Å². The van der Waals surface area contributed by atoms with Crippen molar-refractivity contribution in [2.45, 2.75) is 40.0 Å². The van der Waals surface area contributed by atoms with Crippen LogP contribution in [0.25, 0.3) is 0 Å². The minimum atomic E-state index is -0.380. The second kappa shape index (κ2) is 5.21. The molecular weight excluding hydrogens is 232 g/mol. The summed E-state index contributed by atoms with van der Waals surface area (Å²) in [6.45, 7) is 8.68. The van der Waals surface area contributed by atoms with Crippen LogP contribution in [-0.4, -0.2) is 11.9 Å². The third-order valence-corrected chi connectivity index (χ3v) is 2.27. The fourth-order valence-corrected chi connectivity index (χ4v) is 1.57. The summed E-state index contributed by atoms with van der Waals surface area (Å²) in [5.74, 6) is 0.185. The molecule has 0 unspecified atom stereocenters. The van der Waals surface area contributed by atoms with Crippen LogP contribution in [0.15, 0.2) is 18.2 Å². The highest BCUT2D eigenvalue weighted by Gasteiger charge is 2.21. The minimum Gasteiger partial charge on any atom is -0.427 e. The predicted molar refractivity (Wildman–Crippen MR) is 67.8 cm³/mol. The molecule has 0 atom stereocenters. The highest BCUT2D eigenvalue weighted by atomic mass is 16.5. The molecule has 0 bridgehead atoms. The van der Waals surface area contributed by atoms with E-state index in [1.807, 2.05) is 20.8 Å². The van der Waals surface area contributed by atoms with E-state index in [1.165, 1.54) is 13.8 Å². The van der Waals surface area contributed by atoms with Crippen LogP contribution < -0.4 is 9.47 Å². The number of hydrogen-bond acceptors (Lipinski definition) is 4. The molecular formula is C14H18O4. The molecule has 18 heavy (non-hydrogen) atoms. The SMILES string of the molecule is CC(=O)Oc1ccc(OC(C)=O)c(C(C)(C)C)c1. The first kappa shape index (κ1) is 14.2. The maximum absolute atomic E-state index is 11.0. The van der Waals surface area contributed by atoms with E-state index in [0.717, 1.165) is 5.56 Å². The van der Waals surface area contributed by atoms with Gasteiger partial charge >= 0.3 is 11.9 Å². The summed E-state index contributed by atoms with van der Waals surface area (Å²) in [6, 6.07) is 4.97. The number of carbonyl (C=O) groups is 2. The number of rotatable bonds is 2. The Balaban J connectivity index is 3.20. The third-order valence-electron chi connectivity index (χ3n) is 2.27. The first-order valence-corrected chi connectivity index (χ1v) is 5.71. The number of ether oxygens (including phenoxy) is 2. The normalized spacial score (nSPS) is 10.9. The molecule has 0 aliphatic heterocycles. The molecule has 0 heterocycles. The summed E-state index contributed by atoms with van der Waals surface area (Å²) in [5, 5.41) is 0. The molecule has 0 radical (unpaired) electrons. The van der Waals surface area contributed by atoms with Gasteiger partial charge in [-0.05, 0) is 23.6 Å². The van der Waals surface area contributed by atoms with E-state index in [-0.39, 0.29) is 17.4 Å². The zero-order valence-corrected chi connectivity index (χ0v) is 11.4. The van der Waals surface area contributed by atoms with Gasteiger partial charge in [0.1, 0.15) is 11.5 Å². The van der Waals surface area contributed by atoms with E-state index in [0.29, 0.717) is 11.5 Å². The van der Waals surface area contributed by atoms with Gasteiger partial charge in [-0.2, -0.15) is 0 Å². The lowest BCUT2D eigenvalue weighted by Gasteiger charge is -2.22. The summed E-state index contributed by atoms with van der Waals surface area (Å²) < 4.78 is 10.2. The van der Waals surface area contributed by atoms with E-state index in [9.17, 15) is 9.59 Å². The molecule has 98 valence electrons. The summed E-state index contributed by atoms with van der Waals surface area (Å²) in [7, 11) is 0. The van der Waals surface area contributed by atoms with Gasteiger partial charge in [0, 0.05) is 19.4 Å². The Labute approximate surface area is 107 Å². The fourth-order valence-electron chi connectivity index (χ4n) is 1.57. The quantitative estimate of drug-likeness (QED) is 0.598. The van der Waals surface area contributed by atoms with Crippen molar-refractivity contribution in [3.05, 3.63) is 23.8 Å². The van der Waals surface area contributed by atoms with Crippen LogP contribution in [0.5, 0.6) is 11.5 Å². The van der Waals surface area contributed by atoms with Crippen molar-refractivity contribution < 1.29 is 19.1 Å². The largest absolute Gasteiger partial charge is 0.427 e. The van der Waals surface area contributed by atoms with E-state index in [2.05, 4.69) is 0 Å². The lowest BCUT2D eigenvalue weighted by molar-refractivity contribution is -0.133. The molecule has 0 N–H and O–H groups in total. The fraction of sp³-hybridized carbons (Fsp3) is 0.429. The van der Waals surface area contributed by atoms with Crippen molar-refractivity contribution in [3.63, 3.8) is 0 Å². The van der Waals surface area contributed by atoms with Gasteiger partial charge in [0.15, 0.2) is 0 Å². The highest BCUT2D eigenvalue weighted by molar-refractivity contribution is 5.71. The van der Waals surface area contributed by atoms with Crippen LogP contribution >= 0.6 is 0 Å². The molecule has 4 nitrogen and oxygen atoms in total. The van der Waals surface area contributed by atoms with Crippen LogP contribution in [0, 0.1) is 0 Å². The lowest BCUT2D eigenvalue weighted by atomic mass is 9.86. The van der Waals surface area contributed by atoms with Gasteiger partial charge in [-0.1, -0.05) is 20.8 Å². The van der Waals surface area contributed by atoms with E-state index >= 15 is 0 Å². The third kappa shape index (κ3) is 3.87. The first-order valence-electron chi connectivity index (χ1n) is 5.71. The molecule has 4 heteroatoms. The Kier molecular flexibility index (Phi) is 4.11. The summed E-state index contributed by atoms with van der Waals surface area (Å²) >= 11 is 0. The molecule has 0 fully saturated rings. The molecule has 0 saturated heterocycles. The molecule has 0 saturated carbocycles. The standard InChI is InChI=1S/C14H18O4/c1-9(15)17-11-6-7-13(18-10(2)16)12(8-11)14(3,4)5/h6-8H,1-5H3. The minimum absolute atomic E-state index is 0.221. The number of carbonyl (C=O) groups excluding carboxylic acids is 2. The molecule has 1 rings (SSSR count). The van der Waals surface area contributed by atoms with Gasteiger partial charge in [0.05, 0.1) is 0 Å². The van der Waals surface area contributed by atoms with Crippen molar-refractivity contribution in [2.75, 3.05) is 0 Å². The summed E-state index contributed by atoms with van der Waals surface area (Å²) in [6.07, 6.45) is 0. The van der Waals surface area contributed by atoms with E-state index < -0.39 is 0 Å². The molecule has 0 spiro atoms. The monoisotopic (exact) mass is 250 g/mol. The Morgan fingerprint density at radius 1 is 1.00 bits per heavy atom. The van der Waals surface area contributed by atoms with Crippen LogP contribution in [-0.2, 0) is 15.0 Å². The van der Waals surface area contributed by atoms with E-state index in [4.69, 9.17) is 9.47 Å². The van der Waals surface area contributed by atoms with Gasteiger partial charge in [-0.3, -0.25) is 9.59 Å². The van der Waals surface area contributed by atoms with Crippen molar-refractivity contribution in [2.24, 2.45) is 0 Å². The Morgan fingerprint density at radius 2 is 1.56 bits per heavy atom. The molecule has 0 amide bonds. The van der Waals surface area contributed by atoms with Crippen LogP contribution in [0.1, 0.15) is 40.2 Å². The number of hydrogen-bond donors (Lipinski definition) is 0. The smallest absolute Gasteiger partial charge is 0.308 e. The van der Waals surface area contributed by atoms with Gasteiger partial charge in [0.25, 0.3) is 0 Å². The highest BCUT2D eigenvalue weighted by Crippen LogP contribution is 2.34. The van der Waals surface area contributed by atoms with Crippen LogP contribution in [0.4, 0.5) is 0 Å². The maximum Gasteiger partial charge on any atom is 0.308 e. The second-order valence-corrected chi connectivity index (χ2v) is 5.10. The van der Waals surface area contributed by atoms with Crippen molar-refractivity contribution in [1.29, 1.82) is 0 Å². The van der Waals surface area contributed by atoms with Crippen molar-refractivity contribution >= 4 is 11.9 Å². The van der Waals surface area contributed by atoms with Crippen LogP contribution in [0.2, 0.25) is 0 Å². The average molecular weight is 250 g/mol. The topological polar surface area (TPSA) is 52.6 Å². The Morgan fingerprint density at radius 3 is 2.00 bits per heavy atom. The summed E-state index contributed by atoms with van der Waals surface area (Å²) in [4.78, 5) is 22.0. The van der Waals surface area contributed by atoms with Gasteiger partial charge in [-0.25, -0.2) is 0 Å². The lowest BCUT2D eigenvalue weighted by Crippen LogP contribution is -2.15. The van der Waals surface area contributed by atoms with Crippen molar-refractivity contribution in [3.8, 4) is 11.5 Å². The zero-order chi connectivity index (χ0) is 13.9. The number of benzene rings is 1. The van der Waals surface area contributed by atoms with Gasteiger partial charge in [-0.15, -0.1) is 0 Å². The molecule has 0 aromatic heterocycles. The van der Waals surface area contributed by atoms with Crippen molar-refractivity contribution in [1.82, 2.24) is 0 Å². The molecule has 0 aliphatic carbocycles. The Bertz CT molecular complexity index is 469. The summed E-state index contributed by atoms with van der Waals surface area (Å²) in [5.41, 5.74) is 0.595. The second-order valence-electron chi connectivity index (χ2n) is 5.10. The van der Waals surface area contributed by atoms with Gasteiger partial charge in [0.2, 0.25) is 0 Å². The molecule has 0 aliphatic rings. The molecule has 1 aromatic rings. The Hall–Kier alpha value is -1.84. The zero-order valence-electron chi connectivity index (χ0n) is 11.4. The first-order chi connectivity index (χ1) is 8.20. The molecule has 1 aromatic carbocycles. The van der Waals surface area contributed by atoms with Crippen LogP contribution in [0.3, 0.4) is 0 Å². The maximum atomic E-state index is 11.0. The average Bonchev–Trinajstić information content (AvgIpc) is 2.17. The van der Waals surface area contributed by atoms with Gasteiger partial charge < -0.3 is 9.47 Å². The number of esters is 2.